The van der Waals surface area contributed by atoms with Gasteiger partial charge in [-0.3, -0.25) is 0 Å². The first kappa shape index (κ1) is 11.9. The van der Waals surface area contributed by atoms with Crippen molar-refractivity contribution in [3.8, 4) is 0 Å². The number of nitrogens with one attached hydrogen (secondary N) is 1. The minimum atomic E-state index is -0.289. The van der Waals surface area contributed by atoms with Crippen LogP contribution in [0, 0.1) is 5.92 Å². The largest absolute Gasteiger partial charge is 0.392 e. The first-order valence-electron chi connectivity index (χ1n) is 4.48. The van der Waals surface area contributed by atoms with Gasteiger partial charge in [0, 0.05) is 19.7 Å². The molecule has 0 bridgehead atoms. The summed E-state index contributed by atoms with van der Waals surface area (Å²) in [6.07, 6.45) is -0.289. The summed E-state index contributed by atoms with van der Waals surface area (Å²) in [7, 11) is 1.69. The smallest absolute Gasteiger partial charge is 0.0636 e. The number of hydrogen-bond acceptors (Lipinski definition) is 3. The average Bonchev–Trinajstić information content (AvgIpc) is 1.96. The molecule has 0 saturated carbocycles. The molecule has 0 fully saturated rings. The molecule has 74 valence electrons. The van der Waals surface area contributed by atoms with Crippen LogP contribution < -0.4 is 5.32 Å². The van der Waals surface area contributed by atoms with Crippen molar-refractivity contribution in [2.24, 2.45) is 5.92 Å². The van der Waals surface area contributed by atoms with E-state index < -0.39 is 0 Å². The fraction of sp³-hybridized carbons (Fsp3) is 1.00. The molecule has 0 amide bonds. The van der Waals surface area contributed by atoms with Crippen LogP contribution in [0.3, 0.4) is 0 Å². The Bertz CT molecular complexity index is 105. The van der Waals surface area contributed by atoms with Crippen molar-refractivity contribution in [2.75, 3.05) is 20.3 Å². The van der Waals surface area contributed by atoms with Crippen LogP contribution >= 0.6 is 0 Å². The van der Waals surface area contributed by atoms with Gasteiger partial charge in [0.2, 0.25) is 0 Å². The lowest BCUT2D eigenvalue weighted by atomic mass is 10.1. The topological polar surface area (TPSA) is 41.5 Å². The van der Waals surface area contributed by atoms with Crippen molar-refractivity contribution in [3.05, 3.63) is 0 Å². The van der Waals surface area contributed by atoms with Gasteiger partial charge in [-0.25, -0.2) is 0 Å². The molecule has 1 unspecified atom stereocenters. The minimum Gasteiger partial charge on any atom is -0.392 e. The summed E-state index contributed by atoms with van der Waals surface area (Å²) in [5, 5.41) is 12.3. The van der Waals surface area contributed by atoms with Crippen LogP contribution in [0.25, 0.3) is 0 Å². The van der Waals surface area contributed by atoms with E-state index in [9.17, 15) is 0 Å². The highest BCUT2D eigenvalue weighted by Crippen LogP contribution is 2.01. The summed E-state index contributed by atoms with van der Waals surface area (Å²) in [6, 6.07) is 0.338. The molecule has 3 nitrogen and oxygen atoms in total. The number of methoxy groups -OCH3 is 1. The van der Waals surface area contributed by atoms with Gasteiger partial charge in [-0.1, -0.05) is 13.8 Å². The lowest BCUT2D eigenvalue weighted by Crippen LogP contribution is -2.41. The van der Waals surface area contributed by atoms with E-state index in [1.165, 1.54) is 0 Å². The Morgan fingerprint density at radius 1 is 1.33 bits per heavy atom. The van der Waals surface area contributed by atoms with Gasteiger partial charge < -0.3 is 15.2 Å². The third-order valence-electron chi connectivity index (χ3n) is 1.83. The Balaban J connectivity index is 3.63. The van der Waals surface area contributed by atoms with Crippen molar-refractivity contribution in [2.45, 2.75) is 32.9 Å². The predicted molar refractivity (Wildman–Crippen MR) is 50.2 cm³/mol. The van der Waals surface area contributed by atoms with Crippen LogP contribution in [0.15, 0.2) is 0 Å². The second-order valence-corrected chi connectivity index (χ2v) is 3.56. The minimum absolute atomic E-state index is 0.289. The third kappa shape index (κ3) is 5.52. The molecule has 0 heterocycles. The summed E-state index contributed by atoms with van der Waals surface area (Å²) in [5.41, 5.74) is 0. The predicted octanol–water partition coefficient (Wildman–Crippen LogP) is 0.628. The molecule has 0 aliphatic carbocycles. The maximum Gasteiger partial charge on any atom is 0.0636 e. The van der Waals surface area contributed by atoms with Crippen molar-refractivity contribution in [3.63, 3.8) is 0 Å². The molecule has 2 N–H and O–H groups in total. The number of aliphatic hydroxyl groups excluding tert-OH is 1. The molecule has 0 aliphatic heterocycles. The number of aliphatic hydroxyl groups is 1. The van der Waals surface area contributed by atoms with Gasteiger partial charge in [-0.15, -0.1) is 0 Å². The Hall–Kier alpha value is -0.120. The van der Waals surface area contributed by atoms with Crippen molar-refractivity contribution in [1.29, 1.82) is 0 Å². The monoisotopic (exact) mass is 175 g/mol. The lowest BCUT2D eigenvalue weighted by Gasteiger charge is -2.22. The van der Waals surface area contributed by atoms with E-state index >= 15 is 0 Å². The first-order valence-corrected chi connectivity index (χ1v) is 4.48. The Kier molecular flexibility index (Phi) is 6.34. The summed E-state index contributed by atoms with van der Waals surface area (Å²) in [6.45, 7) is 7.38. The number of hydrogen-bond donors (Lipinski definition) is 2. The van der Waals surface area contributed by atoms with Gasteiger partial charge in [0.25, 0.3) is 0 Å². The van der Waals surface area contributed by atoms with Crippen molar-refractivity contribution in [1.82, 2.24) is 5.32 Å². The molecule has 0 rings (SSSR count). The molecule has 12 heavy (non-hydrogen) atoms. The van der Waals surface area contributed by atoms with Crippen LogP contribution in [0.1, 0.15) is 20.8 Å². The van der Waals surface area contributed by atoms with E-state index in [0.717, 1.165) is 0 Å². The van der Waals surface area contributed by atoms with Gasteiger partial charge in [-0.2, -0.15) is 0 Å². The SMILES string of the molecule is COCC(NC[C@@H](C)O)C(C)C. The molecule has 3 heteroatoms. The fourth-order valence-electron chi connectivity index (χ4n) is 0.989. The molecule has 0 aromatic carbocycles. The molecule has 0 aliphatic rings. The van der Waals surface area contributed by atoms with E-state index in [0.29, 0.717) is 25.1 Å². The number of rotatable bonds is 6. The standard InChI is InChI=1S/C9H21NO2/c1-7(2)9(6-12-4)10-5-8(3)11/h7-11H,5-6H2,1-4H3/t8-,9?/m1/s1. The zero-order valence-corrected chi connectivity index (χ0v) is 8.50. The van der Waals surface area contributed by atoms with Gasteiger partial charge in [0.1, 0.15) is 0 Å². The van der Waals surface area contributed by atoms with E-state index in [1.54, 1.807) is 14.0 Å². The van der Waals surface area contributed by atoms with Gasteiger partial charge >= 0.3 is 0 Å². The quantitative estimate of drug-likeness (QED) is 0.622. The summed E-state index contributed by atoms with van der Waals surface area (Å²) < 4.78 is 5.05. The maximum atomic E-state index is 9.05. The Morgan fingerprint density at radius 2 is 1.92 bits per heavy atom. The zero-order valence-electron chi connectivity index (χ0n) is 8.50. The van der Waals surface area contributed by atoms with E-state index in [4.69, 9.17) is 9.84 Å². The van der Waals surface area contributed by atoms with E-state index in [2.05, 4.69) is 19.2 Å². The molecule has 0 aromatic heterocycles. The second-order valence-electron chi connectivity index (χ2n) is 3.56. The van der Waals surface area contributed by atoms with Gasteiger partial charge in [-0.05, 0) is 12.8 Å². The maximum absolute atomic E-state index is 9.05. The highest BCUT2D eigenvalue weighted by atomic mass is 16.5. The molecule has 0 saturated heterocycles. The van der Waals surface area contributed by atoms with Crippen LogP contribution in [0.5, 0.6) is 0 Å². The lowest BCUT2D eigenvalue weighted by molar-refractivity contribution is 0.129. The van der Waals surface area contributed by atoms with E-state index in [1.807, 2.05) is 0 Å². The molecular formula is C9H21NO2. The van der Waals surface area contributed by atoms with Crippen molar-refractivity contribution < 1.29 is 9.84 Å². The second kappa shape index (κ2) is 6.40. The highest BCUT2D eigenvalue weighted by Gasteiger charge is 2.12. The average molecular weight is 175 g/mol. The van der Waals surface area contributed by atoms with E-state index in [-0.39, 0.29) is 6.10 Å². The molecule has 0 radical (unpaired) electrons. The van der Waals surface area contributed by atoms with Gasteiger partial charge in [0.15, 0.2) is 0 Å². The first-order chi connectivity index (χ1) is 5.57. The van der Waals surface area contributed by atoms with Crippen LogP contribution in [0.4, 0.5) is 0 Å². The summed E-state index contributed by atoms with van der Waals surface area (Å²) in [4.78, 5) is 0. The summed E-state index contributed by atoms with van der Waals surface area (Å²) >= 11 is 0. The third-order valence-corrected chi connectivity index (χ3v) is 1.83. The fourth-order valence-corrected chi connectivity index (χ4v) is 0.989. The Labute approximate surface area is 75.1 Å². The van der Waals surface area contributed by atoms with Gasteiger partial charge in [0.05, 0.1) is 12.7 Å². The van der Waals surface area contributed by atoms with Crippen LogP contribution in [-0.2, 0) is 4.74 Å². The molecule has 0 spiro atoms. The molecule has 0 aromatic rings. The van der Waals surface area contributed by atoms with Crippen LogP contribution in [-0.4, -0.2) is 37.5 Å². The van der Waals surface area contributed by atoms with Crippen LogP contribution in [0.2, 0.25) is 0 Å². The summed E-state index contributed by atoms with van der Waals surface area (Å²) in [5.74, 6) is 0.531. The highest BCUT2D eigenvalue weighted by molar-refractivity contribution is 4.70. The normalized spacial score (nSPS) is 16.5. The zero-order chi connectivity index (χ0) is 9.56. The Morgan fingerprint density at radius 3 is 2.25 bits per heavy atom. The number of ether oxygens (including phenoxy) is 1. The molecular weight excluding hydrogens is 154 g/mol. The van der Waals surface area contributed by atoms with Crippen molar-refractivity contribution >= 4 is 0 Å². The molecule has 2 atom stereocenters.